The molecule has 0 bridgehead atoms. The van der Waals surface area contributed by atoms with Gasteiger partial charge in [-0.15, -0.1) is 0 Å². The molecule has 2 aromatic rings. The van der Waals surface area contributed by atoms with Crippen LogP contribution in [0.4, 0.5) is 13.2 Å². The van der Waals surface area contributed by atoms with Gasteiger partial charge in [0.2, 0.25) is 5.91 Å². The molecule has 2 heterocycles. The summed E-state index contributed by atoms with van der Waals surface area (Å²) >= 11 is 0. The van der Waals surface area contributed by atoms with Crippen LogP contribution in [0.15, 0.2) is 18.2 Å². The second kappa shape index (κ2) is 6.59. The average molecular weight is 365 g/mol. The third-order valence-electron chi connectivity index (χ3n) is 5.67. The first-order valence-corrected chi connectivity index (χ1v) is 9.27. The van der Waals surface area contributed by atoms with E-state index in [9.17, 15) is 18.0 Å². The van der Waals surface area contributed by atoms with Crippen LogP contribution in [-0.4, -0.2) is 33.9 Å². The highest BCUT2D eigenvalue weighted by molar-refractivity contribution is 5.79. The maximum absolute atomic E-state index is 12.9. The summed E-state index contributed by atoms with van der Waals surface area (Å²) < 4.78 is 38.6. The van der Waals surface area contributed by atoms with Crippen LogP contribution in [0.2, 0.25) is 0 Å². The van der Waals surface area contributed by atoms with Gasteiger partial charge in [-0.1, -0.05) is 19.3 Å². The molecule has 1 aliphatic carbocycles. The van der Waals surface area contributed by atoms with E-state index in [1.54, 1.807) is 0 Å². The van der Waals surface area contributed by atoms with Crippen LogP contribution in [0.5, 0.6) is 0 Å². The molecule has 7 heteroatoms. The Hall–Kier alpha value is -2.05. The van der Waals surface area contributed by atoms with Gasteiger partial charge in [-0.25, -0.2) is 4.98 Å². The van der Waals surface area contributed by atoms with Gasteiger partial charge in [0, 0.05) is 24.9 Å². The van der Waals surface area contributed by atoms with E-state index in [0.717, 1.165) is 44.2 Å². The largest absolute Gasteiger partial charge is 0.416 e. The minimum Gasteiger partial charge on any atom is -0.342 e. The molecule has 1 amide bonds. The lowest BCUT2D eigenvalue weighted by molar-refractivity contribution is -0.137. The summed E-state index contributed by atoms with van der Waals surface area (Å²) in [4.78, 5) is 22.1. The zero-order valence-electron chi connectivity index (χ0n) is 14.5. The van der Waals surface area contributed by atoms with Crippen molar-refractivity contribution in [2.24, 2.45) is 5.92 Å². The fourth-order valence-electron chi connectivity index (χ4n) is 4.19. The minimum absolute atomic E-state index is 0.0595. The van der Waals surface area contributed by atoms with Crippen molar-refractivity contribution in [3.63, 3.8) is 0 Å². The van der Waals surface area contributed by atoms with E-state index in [1.807, 2.05) is 4.90 Å². The summed E-state index contributed by atoms with van der Waals surface area (Å²) in [6.07, 6.45) is 1.85. The van der Waals surface area contributed by atoms with Crippen molar-refractivity contribution >= 4 is 16.9 Å². The number of amides is 1. The first-order chi connectivity index (χ1) is 12.4. The van der Waals surface area contributed by atoms with Crippen LogP contribution in [0.1, 0.15) is 55.8 Å². The van der Waals surface area contributed by atoms with Gasteiger partial charge in [0.05, 0.1) is 16.6 Å². The molecule has 2 fully saturated rings. The Morgan fingerprint density at radius 1 is 1.15 bits per heavy atom. The Bertz CT molecular complexity index is 808. The second-order valence-corrected chi connectivity index (χ2v) is 7.46. The maximum Gasteiger partial charge on any atom is 0.416 e. The van der Waals surface area contributed by atoms with Crippen molar-refractivity contribution in [2.75, 3.05) is 13.1 Å². The molecule has 1 saturated carbocycles. The number of nitrogens with one attached hydrogen (secondary N) is 1. The number of aromatic nitrogens is 2. The number of alkyl halides is 3. The number of carbonyl (C=O) groups is 1. The highest BCUT2D eigenvalue weighted by Gasteiger charge is 2.34. The molecule has 0 radical (unpaired) electrons. The number of nitrogens with zero attached hydrogens (tertiary/aromatic N) is 2. The molecule has 1 N–H and O–H groups in total. The molecule has 26 heavy (non-hydrogen) atoms. The van der Waals surface area contributed by atoms with Crippen LogP contribution in [-0.2, 0) is 11.0 Å². The van der Waals surface area contributed by atoms with Crippen molar-refractivity contribution in [2.45, 2.75) is 50.6 Å². The van der Waals surface area contributed by atoms with Crippen LogP contribution < -0.4 is 0 Å². The third kappa shape index (κ3) is 3.31. The number of hydrogen-bond acceptors (Lipinski definition) is 2. The number of imidazole rings is 1. The van der Waals surface area contributed by atoms with Gasteiger partial charge in [0.15, 0.2) is 0 Å². The highest BCUT2D eigenvalue weighted by atomic mass is 19.4. The normalized spacial score (nSPS) is 22.3. The first kappa shape index (κ1) is 17.4. The van der Waals surface area contributed by atoms with Crippen LogP contribution in [0.25, 0.3) is 11.0 Å². The number of H-pyrrole nitrogens is 1. The zero-order chi connectivity index (χ0) is 18.3. The van der Waals surface area contributed by atoms with E-state index < -0.39 is 11.7 Å². The number of rotatable bonds is 2. The van der Waals surface area contributed by atoms with Crippen LogP contribution >= 0.6 is 0 Å². The molecule has 1 unspecified atom stereocenters. The summed E-state index contributed by atoms with van der Waals surface area (Å²) in [7, 11) is 0. The van der Waals surface area contributed by atoms with Crippen molar-refractivity contribution in [1.82, 2.24) is 14.9 Å². The smallest absolute Gasteiger partial charge is 0.342 e. The molecule has 1 aliphatic heterocycles. The van der Waals surface area contributed by atoms with E-state index in [1.165, 1.54) is 12.5 Å². The predicted octanol–water partition coefficient (Wildman–Crippen LogP) is 4.48. The quantitative estimate of drug-likeness (QED) is 0.853. The Morgan fingerprint density at radius 2 is 1.92 bits per heavy atom. The molecular formula is C19H22F3N3O. The van der Waals surface area contributed by atoms with Crippen molar-refractivity contribution in [3.05, 3.63) is 29.6 Å². The molecule has 4 rings (SSSR count). The lowest BCUT2D eigenvalue weighted by Crippen LogP contribution is -2.35. The van der Waals surface area contributed by atoms with E-state index in [0.29, 0.717) is 29.9 Å². The summed E-state index contributed by atoms with van der Waals surface area (Å²) in [6.45, 7) is 1.30. The van der Waals surface area contributed by atoms with Crippen molar-refractivity contribution < 1.29 is 18.0 Å². The Labute approximate surface area is 149 Å². The van der Waals surface area contributed by atoms with Gasteiger partial charge in [0.1, 0.15) is 5.82 Å². The molecule has 1 saturated heterocycles. The maximum atomic E-state index is 12.9. The fraction of sp³-hybridized carbons (Fsp3) is 0.579. The van der Waals surface area contributed by atoms with E-state index in [4.69, 9.17) is 0 Å². The lowest BCUT2D eigenvalue weighted by Gasteiger charge is -2.26. The summed E-state index contributed by atoms with van der Waals surface area (Å²) in [5, 5.41) is 0. The fourth-order valence-corrected chi connectivity index (χ4v) is 4.19. The van der Waals surface area contributed by atoms with E-state index >= 15 is 0 Å². The number of aromatic amines is 1. The number of likely N-dealkylation sites (tertiary alicyclic amines) is 1. The molecule has 1 atom stereocenters. The SMILES string of the molecule is O=C(C1CCCCC1)N1CCC(c2nc3ccc(C(F)(F)F)cc3[nH]2)C1. The summed E-state index contributed by atoms with van der Waals surface area (Å²) in [6, 6.07) is 3.56. The predicted molar refractivity (Wildman–Crippen MR) is 91.6 cm³/mol. The number of carbonyl (C=O) groups excluding carboxylic acids is 1. The molecule has 4 nitrogen and oxygen atoms in total. The first-order valence-electron chi connectivity index (χ1n) is 9.27. The van der Waals surface area contributed by atoms with E-state index in [2.05, 4.69) is 9.97 Å². The molecule has 2 aliphatic rings. The Balaban J connectivity index is 1.49. The van der Waals surface area contributed by atoms with Crippen LogP contribution in [0.3, 0.4) is 0 Å². The Kier molecular flexibility index (Phi) is 4.40. The van der Waals surface area contributed by atoms with Gasteiger partial charge >= 0.3 is 6.18 Å². The topological polar surface area (TPSA) is 49.0 Å². The monoisotopic (exact) mass is 365 g/mol. The third-order valence-corrected chi connectivity index (χ3v) is 5.67. The molecule has 1 aromatic heterocycles. The van der Waals surface area contributed by atoms with Gasteiger partial charge in [-0.2, -0.15) is 13.2 Å². The second-order valence-electron chi connectivity index (χ2n) is 7.46. The minimum atomic E-state index is -4.37. The highest BCUT2D eigenvalue weighted by Crippen LogP contribution is 2.33. The lowest BCUT2D eigenvalue weighted by atomic mass is 9.88. The van der Waals surface area contributed by atoms with Crippen LogP contribution in [0, 0.1) is 5.92 Å². The van der Waals surface area contributed by atoms with Gasteiger partial charge in [0.25, 0.3) is 0 Å². The van der Waals surface area contributed by atoms with Crippen molar-refractivity contribution in [3.8, 4) is 0 Å². The zero-order valence-corrected chi connectivity index (χ0v) is 14.5. The molecular weight excluding hydrogens is 343 g/mol. The molecule has 140 valence electrons. The number of halogens is 3. The van der Waals surface area contributed by atoms with Gasteiger partial charge < -0.3 is 9.88 Å². The van der Waals surface area contributed by atoms with Gasteiger partial charge in [-0.05, 0) is 37.5 Å². The van der Waals surface area contributed by atoms with Crippen molar-refractivity contribution in [1.29, 1.82) is 0 Å². The summed E-state index contributed by atoms with van der Waals surface area (Å²) in [5.74, 6) is 1.12. The average Bonchev–Trinajstić information content (AvgIpc) is 3.27. The Morgan fingerprint density at radius 3 is 2.65 bits per heavy atom. The number of hydrogen-bond donors (Lipinski definition) is 1. The summed E-state index contributed by atoms with van der Waals surface area (Å²) in [5.41, 5.74) is 0.248. The standard InChI is InChI=1S/C19H22F3N3O/c20-19(21,22)14-6-7-15-16(10-14)24-17(23-15)13-8-9-25(11-13)18(26)12-4-2-1-3-5-12/h6-7,10,12-13H,1-5,8-9,11H2,(H,23,24). The molecule has 0 spiro atoms. The number of fused-ring (bicyclic) bond motifs is 1. The van der Waals surface area contributed by atoms with Gasteiger partial charge in [-0.3, -0.25) is 4.79 Å². The van der Waals surface area contributed by atoms with E-state index in [-0.39, 0.29) is 17.7 Å². The number of benzene rings is 1. The molecule has 1 aromatic carbocycles.